The third-order valence-corrected chi connectivity index (χ3v) is 2.95. The minimum atomic E-state index is -0.0349. The number of rotatable bonds is 1. The zero-order chi connectivity index (χ0) is 9.42. The first kappa shape index (κ1) is 8.69. The molecule has 4 heteroatoms. The fourth-order valence-corrected chi connectivity index (χ4v) is 2.25. The maximum Gasteiger partial charge on any atom is 0.229 e. The van der Waals surface area contributed by atoms with Crippen LogP contribution in [0.5, 0.6) is 0 Å². The van der Waals surface area contributed by atoms with Gasteiger partial charge in [0.25, 0.3) is 0 Å². The molecule has 1 aliphatic heterocycles. The van der Waals surface area contributed by atoms with E-state index in [-0.39, 0.29) is 23.9 Å². The van der Waals surface area contributed by atoms with Crippen molar-refractivity contribution in [2.75, 3.05) is 0 Å². The van der Waals surface area contributed by atoms with Crippen LogP contribution in [0.15, 0.2) is 0 Å². The molecule has 2 rings (SSSR count). The highest BCUT2D eigenvalue weighted by Gasteiger charge is 2.39. The zero-order valence-electron chi connectivity index (χ0n) is 7.53. The van der Waals surface area contributed by atoms with Crippen molar-refractivity contribution in [3.05, 3.63) is 0 Å². The molecule has 13 heavy (non-hydrogen) atoms. The van der Waals surface area contributed by atoms with Crippen LogP contribution in [-0.2, 0) is 9.59 Å². The van der Waals surface area contributed by atoms with Gasteiger partial charge in [-0.25, -0.2) is 0 Å². The van der Waals surface area contributed by atoms with Crippen molar-refractivity contribution in [3.63, 3.8) is 0 Å². The van der Waals surface area contributed by atoms with Gasteiger partial charge in [-0.3, -0.25) is 14.5 Å². The van der Waals surface area contributed by atoms with Gasteiger partial charge in [0.2, 0.25) is 11.8 Å². The fourth-order valence-electron chi connectivity index (χ4n) is 2.25. The van der Waals surface area contributed by atoms with Crippen molar-refractivity contribution in [1.29, 1.82) is 0 Å². The first-order chi connectivity index (χ1) is 6.20. The number of nitrogens with two attached hydrogens (primary N) is 1. The van der Waals surface area contributed by atoms with E-state index in [4.69, 9.17) is 5.73 Å². The Morgan fingerprint density at radius 3 is 2.23 bits per heavy atom. The second kappa shape index (κ2) is 3.10. The lowest BCUT2D eigenvalue weighted by Gasteiger charge is -2.25. The lowest BCUT2D eigenvalue weighted by atomic mass is 10.1. The molecule has 2 aliphatic rings. The highest BCUT2D eigenvalue weighted by molar-refractivity contribution is 6.02. The van der Waals surface area contributed by atoms with Gasteiger partial charge < -0.3 is 5.73 Å². The lowest BCUT2D eigenvalue weighted by molar-refractivity contribution is -0.141. The first-order valence-corrected chi connectivity index (χ1v) is 4.80. The molecule has 2 unspecified atom stereocenters. The number of amides is 2. The molecule has 2 atom stereocenters. The molecule has 1 saturated carbocycles. The number of likely N-dealkylation sites (tertiary alicyclic amines) is 1. The van der Waals surface area contributed by atoms with E-state index in [1.165, 1.54) is 4.90 Å². The second-order valence-electron chi connectivity index (χ2n) is 3.82. The van der Waals surface area contributed by atoms with Crippen LogP contribution in [0.4, 0.5) is 0 Å². The van der Waals surface area contributed by atoms with Crippen molar-refractivity contribution in [3.8, 4) is 0 Å². The number of carbonyl (C=O) groups excluding carboxylic acids is 2. The topological polar surface area (TPSA) is 63.4 Å². The first-order valence-electron chi connectivity index (χ1n) is 4.80. The molecule has 2 fully saturated rings. The van der Waals surface area contributed by atoms with Crippen molar-refractivity contribution >= 4 is 11.8 Å². The molecule has 0 aromatic heterocycles. The Balaban J connectivity index is 2.14. The number of hydrogen-bond acceptors (Lipinski definition) is 3. The normalized spacial score (nSPS) is 34.7. The Labute approximate surface area is 77.1 Å². The highest BCUT2D eigenvalue weighted by atomic mass is 16.2. The Hall–Kier alpha value is -0.900. The maximum atomic E-state index is 11.4. The largest absolute Gasteiger partial charge is 0.326 e. The van der Waals surface area contributed by atoms with Crippen LogP contribution < -0.4 is 5.73 Å². The minimum absolute atomic E-state index is 0.00556. The highest BCUT2D eigenvalue weighted by Crippen LogP contribution is 2.27. The molecule has 0 spiro atoms. The van der Waals surface area contributed by atoms with Gasteiger partial charge in [0.15, 0.2) is 0 Å². The van der Waals surface area contributed by atoms with Crippen LogP contribution in [-0.4, -0.2) is 28.8 Å². The van der Waals surface area contributed by atoms with Gasteiger partial charge in [-0.1, -0.05) is 0 Å². The summed E-state index contributed by atoms with van der Waals surface area (Å²) in [5.74, 6) is -0.0697. The summed E-state index contributed by atoms with van der Waals surface area (Å²) in [6, 6.07) is -0.00602. The molecule has 0 radical (unpaired) electrons. The third-order valence-electron chi connectivity index (χ3n) is 2.95. The Bertz CT molecular complexity index is 236. The molecule has 2 N–H and O–H groups in total. The third kappa shape index (κ3) is 1.35. The number of hydrogen-bond donors (Lipinski definition) is 1. The van der Waals surface area contributed by atoms with Gasteiger partial charge in [0, 0.05) is 18.9 Å². The van der Waals surface area contributed by atoms with Gasteiger partial charge in [0.05, 0.1) is 6.04 Å². The molecule has 1 saturated heterocycles. The molecule has 4 nitrogen and oxygen atoms in total. The quantitative estimate of drug-likeness (QED) is 0.581. The smallest absolute Gasteiger partial charge is 0.229 e. The average molecular weight is 182 g/mol. The van der Waals surface area contributed by atoms with E-state index in [0.717, 1.165) is 19.3 Å². The van der Waals surface area contributed by atoms with E-state index in [9.17, 15) is 9.59 Å². The van der Waals surface area contributed by atoms with Gasteiger partial charge in [-0.05, 0) is 19.3 Å². The molecule has 1 aliphatic carbocycles. The Morgan fingerprint density at radius 2 is 1.77 bits per heavy atom. The number of carbonyl (C=O) groups is 2. The molecular formula is C9H14N2O2. The maximum absolute atomic E-state index is 11.4. The summed E-state index contributed by atoms with van der Waals surface area (Å²) in [7, 11) is 0. The molecule has 2 amide bonds. The molecule has 0 aromatic carbocycles. The Kier molecular flexibility index (Phi) is 2.07. The van der Waals surface area contributed by atoms with E-state index in [1.807, 2.05) is 0 Å². The summed E-state index contributed by atoms with van der Waals surface area (Å²) in [5, 5.41) is 0. The number of nitrogens with zero attached hydrogens (tertiary/aromatic N) is 1. The standard InChI is InChI=1S/C9H14N2O2/c10-6-2-1-3-7(6)11-8(12)4-5-9(11)13/h6-7H,1-5,10H2. The predicted octanol–water partition coefficient (Wildman–Crippen LogP) is 0.0152. The second-order valence-corrected chi connectivity index (χ2v) is 3.82. The van der Waals surface area contributed by atoms with Crippen LogP contribution in [0.25, 0.3) is 0 Å². The molecule has 1 heterocycles. The summed E-state index contributed by atoms with van der Waals surface area (Å²) >= 11 is 0. The summed E-state index contributed by atoms with van der Waals surface area (Å²) in [6.45, 7) is 0. The van der Waals surface area contributed by atoms with Crippen LogP contribution in [0, 0.1) is 0 Å². The van der Waals surface area contributed by atoms with Crippen molar-refractivity contribution < 1.29 is 9.59 Å². The van der Waals surface area contributed by atoms with Crippen molar-refractivity contribution in [2.24, 2.45) is 5.73 Å². The van der Waals surface area contributed by atoms with Crippen molar-refractivity contribution in [2.45, 2.75) is 44.2 Å². The van der Waals surface area contributed by atoms with Gasteiger partial charge >= 0.3 is 0 Å². The summed E-state index contributed by atoms with van der Waals surface area (Å²) in [6.07, 6.45) is 3.60. The fraction of sp³-hybridized carbons (Fsp3) is 0.778. The monoisotopic (exact) mass is 182 g/mol. The average Bonchev–Trinajstić information content (AvgIpc) is 2.60. The predicted molar refractivity (Wildman–Crippen MR) is 46.7 cm³/mol. The summed E-state index contributed by atoms with van der Waals surface area (Å²) < 4.78 is 0. The van der Waals surface area contributed by atoms with E-state index in [0.29, 0.717) is 12.8 Å². The van der Waals surface area contributed by atoms with Gasteiger partial charge in [0.1, 0.15) is 0 Å². The van der Waals surface area contributed by atoms with E-state index >= 15 is 0 Å². The van der Waals surface area contributed by atoms with Gasteiger partial charge in [-0.2, -0.15) is 0 Å². The molecule has 0 aromatic rings. The number of imide groups is 1. The van der Waals surface area contributed by atoms with Crippen LogP contribution in [0.2, 0.25) is 0 Å². The minimum Gasteiger partial charge on any atom is -0.326 e. The SMILES string of the molecule is NC1CCCC1N1C(=O)CCC1=O. The van der Waals surface area contributed by atoms with Gasteiger partial charge in [-0.15, -0.1) is 0 Å². The van der Waals surface area contributed by atoms with Crippen LogP contribution >= 0.6 is 0 Å². The summed E-state index contributed by atoms with van der Waals surface area (Å²) in [4.78, 5) is 24.1. The zero-order valence-corrected chi connectivity index (χ0v) is 7.53. The summed E-state index contributed by atoms with van der Waals surface area (Å²) in [5.41, 5.74) is 5.84. The van der Waals surface area contributed by atoms with Crippen LogP contribution in [0.3, 0.4) is 0 Å². The van der Waals surface area contributed by atoms with E-state index in [2.05, 4.69) is 0 Å². The lowest BCUT2D eigenvalue weighted by Crippen LogP contribution is -2.47. The van der Waals surface area contributed by atoms with E-state index < -0.39 is 0 Å². The Morgan fingerprint density at radius 1 is 1.15 bits per heavy atom. The molecular weight excluding hydrogens is 168 g/mol. The molecule has 0 bridgehead atoms. The van der Waals surface area contributed by atoms with Crippen LogP contribution in [0.1, 0.15) is 32.1 Å². The van der Waals surface area contributed by atoms with Crippen molar-refractivity contribution in [1.82, 2.24) is 4.90 Å². The van der Waals surface area contributed by atoms with E-state index in [1.54, 1.807) is 0 Å². The molecule has 72 valence electrons.